The Balaban J connectivity index is 2.25. The Hall–Kier alpha value is -1.10. The van der Waals surface area contributed by atoms with E-state index in [1.165, 1.54) is 25.7 Å². The maximum absolute atomic E-state index is 11.6. The molecule has 1 fully saturated rings. The summed E-state index contributed by atoms with van der Waals surface area (Å²) >= 11 is 0. The van der Waals surface area contributed by atoms with Crippen LogP contribution in [-0.2, 0) is 9.59 Å². The van der Waals surface area contributed by atoms with Crippen molar-refractivity contribution in [3.8, 4) is 0 Å². The van der Waals surface area contributed by atoms with Crippen molar-refractivity contribution in [1.82, 2.24) is 10.2 Å². The van der Waals surface area contributed by atoms with Gasteiger partial charge in [0.2, 0.25) is 5.91 Å². The van der Waals surface area contributed by atoms with Crippen molar-refractivity contribution in [2.45, 2.75) is 51.5 Å². The van der Waals surface area contributed by atoms with Crippen molar-refractivity contribution in [3.63, 3.8) is 0 Å². The highest BCUT2D eigenvalue weighted by Crippen LogP contribution is 2.09. The summed E-state index contributed by atoms with van der Waals surface area (Å²) < 4.78 is 0. The van der Waals surface area contributed by atoms with E-state index < -0.39 is 12.0 Å². The smallest absolute Gasteiger partial charge is 0.326 e. The van der Waals surface area contributed by atoms with Crippen LogP contribution in [0.5, 0.6) is 0 Å². The summed E-state index contributed by atoms with van der Waals surface area (Å²) in [5.74, 6) is -1.12. The Bertz CT molecular complexity index is 273. The summed E-state index contributed by atoms with van der Waals surface area (Å²) in [6.07, 6.45) is 5.77. The van der Waals surface area contributed by atoms with Gasteiger partial charge < -0.3 is 15.3 Å². The third kappa shape index (κ3) is 5.49. The summed E-state index contributed by atoms with van der Waals surface area (Å²) in [4.78, 5) is 24.7. The molecule has 1 aliphatic heterocycles. The number of carboxylic acid groups (broad SMARTS) is 1. The second-order valence-electron chi connectivity index (χ2n) is 4.87. The quantitative estimate of drug-likeness (QED) is 0.750. The predicted molar refractivity (Wildman–Crippen MR) is 69.4 cm³/mol. The largest absolute Gasteiger partial charge is 0.480 e. The van der Waals surface area contributed by atoms with E-state index in [2.05, 4.69) is 10.2 Å². The van der Waals surface area contributed by atoms with Crippen molar-refractivity contribution < 1.29 is 14.7 Å². The first-order valence-electron chi connectivity index (χ1n) is 6.88. The zero-order chi connectivity index (χ0) is 13.4. The number of nitrogens with one attached hydrogen (secondary N) is 1. The van der Waals surface area contributed by atoms with E-state index in [0.29, 0.717) is 12.8 Å². The number of hydrogen-bond donors (Lipinski definition) is 2. The molecule has 2 N–H and O–H groups in total. The zero-order valence-electron chi connectivity index (χ0n) is 11.2. The number of aliphatic carboxylic acids is 1. The van der Waals surface area contributed by atoms with Gasteiger partial charge in [0.15, 0.2) is 0 Å². The first-order chi connectivity index (χ1) is 8.63. The first-order valence-corrected chi connectivity index (χ1v) is 6.88. The number of likely N-dealkylation sites (tertiary alicyclic amines) is 1. The molecular weight excluding hydrogens is 232 g/mol. The van der Waals surface area contributed by atoms with E-state index in [0.717, 1.165) is 19.6 Å². The van der Waals surface area contributed by atoms with Gasteiger partial charge in [0.25, 0.3) is 0 Å². The molecule has 18 heavy (non-hydrogen) atoms. The Morgan fingerprint density at radius 1 is 1.22 bits per heavy atom. The number of carbonyl (C=O) groups excluding carboxylic acids is 1. The van der Waals surface area contributed by atoms with Crippen LogP contribution < -0.4 is 5.32 Å². The lowest BCUT2D eigenvalue weighted by Crippen LogP contribution is -2.41. The van der Waals surface area contributed by atoms with Crippen molar-refractivity contribution in [3.05, 3.63) is 0 Å². The minimum Gasteiger partial charge on any atom is -0.480 e. The maximum Gasteiger partial charge on any atom is 0.326 e. The van der Waals surface area contributed by atoms with Gasteiger partial charge >= 0.3 is 5.97 Å². The third-order valence-electron chi connectivity index (χ3n) is 3.40. The molecular formula is C13H24N2O3. The van der Waals surface area contributed by atoms with Gasteiger partial charge in [0.05, 0.1) is 0 Å². The van der Waals surface area contributed by atoms with Crippen LogP contribution in [0.25, 0.3) is 0 Å². The van der Waals surface area contributed by atoms with E-state index in [-0.39, 0.29) is 5.91 Å². The number of amides is 1. The van der Waals surface area contributed by atoms with E-state index in [9.17, 15) is 9.59 Å². The van der Waals surface area contributed by atoms with E-state index in [4.69, 9.17) is 5.11 Å². The molecule has 104 valence electrons. The average Bonchev–Trinajstić information content (AvgIpc) is 2.61. The number of nitrogens with zero attached hydrogens (tertiary/aromatic N) is 1. The van der Waals surface area contributed by atoms with Crippen molar-refractivity contribution in [2.75, 3.05) is 19.6 Å². The van der Waals surface area contributed by atoms with Gasteiger partial charge in [-0.05, 0) is 32.4 Å². The molecule has 1 saturated heterocycles. The highest BCUT2D eigenvalue weighted by molar-refractivity contribution is 5.83. The standard InChI is InChI=1S/C13H24N2O3/c1-2-11(13(17)18)14-12(16)7-10-15-8-5-3-4-6-9-15/h11H,2-10H2,1H3,(H,14,16)(H,17,18). The molecule has 0 saturated carbocycles. The van der Waals surface area contributed by atoms with Crippen LogP contribution in [0.15, 0.2) is 0 Å². The van der Waals surface area contributed by atoms with Gasteiger partial charge in [-0.1, -0.05) is 19.8 Å². The molecule has 0 aromatic carbocycles. The molecule has 1 amide bonds. The highest BCUT2D eigenvalue weighted by Gasteiger charge is 2.18. The van der Waals surface area contributed by atoms with Crippen LogP contribution >= 0.6 is 0 Å². The molecule has 1 heterocycles. The van der Waals surface area contributed by atoms with Gasteiger partial charge in [0, 0.05) is 13.0 Å². The van der Waals surface area contributed by atoms with Gasteiger partial charge in [-0.25, -0.2) is 4.79 Å². The monoisotopic (exact) mass is 256 g/mol. The molecule has 1 unspecified atom stereocenters. The van der Waals surface area contributed by atoms with Crippen LogP contribution in [0.2, 0.25) is 0 Å². The molecule has 1 rings (SSSR count). The second kappa shape index (κ2) is 8.08. The fourth-order valence-electron chi connectivity index (χ4n) is 2.22. The lowest BCUT2D eigenvalue weighted by Gasteiger charge is -2.20. The number of hydrogen-bond acceptors (Lipinski definition) is 3. The third-order valence-corrected chi connectivity index (χ3v) is 3.40. The summed E-state index contributed by atoms with van der Waals surface area (Å²) in [6, 6.07) is -0.748. The lowest BCUT2D eigenvalue weighted by atomic mass is 10.2. The lowest BCUT2D eigenvalue weighted by molar-refractivity contribution is -0.141. The Labute approximate surface area is 109 Å². The minimum atomic E-state index is -0.958. The Morgan fingerprint density at radius 2 is 1.83 bits per heavy atom. The zero-order valence-corrected chi connectivity index (χ0v) is 11.2. The number of carboxylic acids is 1. The predicted octanol–water partition coefficient (Wildman–Crippen LogP) is 1.23. The number of rotatable bonds is 6. The van der Waals surface area contributed by atoms with E-state index >= 15 is 0 Å². The highest BCUT2D eigenvalue weighted by atomic mass is 16.4. The molecule has 0 aromatic rings. The SMILES string of the molecule is CCC(NC(=O)CCN1CCCCCC1)C(=O)O. The van der Waals surface area contributed by atoms with Gasteiger partial charge in [-0.15, -0.1) is 0 Å². The summed E-state index contributed by atoms with van der Waals surface area (Å²) in [5, 5.41) is 11.4. The molecule has 1 atom stereocenters. The topological polar surface area (TPSA) is 69.6 Å². The van der Waals surface area contributed by atoms with Crippen LogP contribution in [-0.4, -0.2) is 47.6 Å². The fourth-order valence-corrected chi connectivity index (χ4v) is 2.22. The second-order valence-corrected chi connectivity index (χ2v) is 4.87. The van der Waals surface area contributed by atoms with Crippen molar-refractivity contribution in [2.24, 2.45) is 0 Å². The van der Waals surface area contributed by atoms with Gasteiger partial charge in [-0.2, -0.15) is 0 Å². The maximum atomic E-state index is 11.6. The molecule has 0 aromatic heterocycles. The minimum absolute atomic E-state index is 0.159. The Morgan fingerprint density at radius 3 is 2.33 bits per heavy atom. The normalized spacial score (nSPS) is 18.9. The van der Waals surface area contributed by atoms with Gasteiger partial charge in [-0.3, -0.25) is 4.79 Å². The Kier molecular flexibility index (Phi) is 6.72. The average molecular weight is 256 g/mol. The summed E-state index contributed by atoms with van der Waals surface area (Å²) in [6.45, 7) is 4.61. The molecule has 0 radical (unpaired) electrons. The van der Waals surface area contributed by atoms with Crippen LogP contribution in [0, 0.1) is 0 Å². The summed E-state index contributed by atoms with van der Waals surface area (Å²) in [5.41, 5.74) is 0. The van der Waals surface area contributed by atoms with E-state index in [1.54, 1.807) is 6.92 Å². The van der Waals surface area contributed by atoms with Crippen LogP contribution in [0.3, 0.4) is 0 Å². The van der Waals surface area contributed by atoms with Crippen LogP contribution in [0.4, 0.5) is 0 Å². The number of carbonyl (C=O) groups is 2. The first kappa shape index (κ1) is 15.0. The van der Waals surface area contributed by atoms with Crippen molar-refractivity contribution >= 4 is 11.9 Å². The van der Waals surface area contributed by atoms with Gasteiger partial charge in [0.1, 0.15) is 6.04 Å². The molecule has 5 nitrogen and oxygen atoms in total. The molecule has 1 aliphatic rings. The fraction of sp³-hybridized carbons (Fsp3) is 0.846. The molecule has 0 aliphatic carbocycles. The van der Waals surface area contributed by atoms with Crippen molar-refractivity contribution in [1.29, 1.82) is 0 Å². The molecule has 0 spiro atoms. The van der Waals surface area contributed by atoms with Crippen LogP contribution in [0.1, 0.15) is 45.4 Å². The van der Waals surface area contributed by atoms with E-state index in [1.807, 2.05) is 0 Å². The molecule has 0 bridgehead atoms. The summed E-state index contributed by atoms with van der Waals surface area (Å²) in [7, 11) is 0. The molecule has 5 heteroatoms.